The number of benzene rings is 2. The van der Waals surface area contributed by atoms with E-state index in [0.29, 0.717) is 37.1 Å². The summed E-state index contributed by atoms with van der Waals surface area (Å²) < 4.78 is 21.8. The summed E-state index contributed by atoms with van der Waals surface area (Å²) in [5.41, 5.74) is 8.26. The van der Waals surface area contributed by atoms with Crippen molar-refractivity contribution in [1.82, 2.24) is 5.32 Å². The molecule has 0 spiro atoms. The van der Waals surface area contributed by atoms with Gasteiger partial charge in [0.25, 0.3) is 5.91 Å². The van der Waals surface area contributed by atoms with Gasteiger partial charge in [0.2, 0.25) is 0 Å². The minimum atomic E-state index is -0.881. The Bertz CT molecular complexity index is 924. The second kappa shape index (κ2) is 16.2. The fraction of sp³-hybridized carbons (Fsp3) is 0.552. The van der Waals surface area contributed by atoms with Crippen LogP contribution < -0.4 is 20.5 Å². The first-order chi connectivity index (χ1) is 17.8. The van der Waals surface area contributed by atoms with E-state index in [2.05, 4.69) is 19.2 Å². The second-order valence-electron chi connectivity index (χ2n) is 9.63. The van der Waals surface area contributed by atoms with Crippen molar-refractivity contribution in [2.24, 2.45) is 17.6 Å². The molecule has 0 aliphatic heterocycles. The van der Waals surface area contributed by atoms with Crippen molar-refractivity contribution in [1.29, 1.82) is 0 Å². The number of aliphatic hydroxyl groups is 1. The number of ether oxygens (including phenoxy) is 4. The van der Waals surface area contributed by atoms with Gasteiger partial charge >= 0.3 is 0 Å². The molecule has 0 fully saturated rings. The Morgan fingerprint density at radius 1 is 1.03 bits per heavy atom. The highest BCUT2D eigenvalue weighted by Gasteiger charge is 2.25. The maximum absolute atomic E-state index is 12.7. The van der Waals surface area contributed by atoms with Crippen LogP contribution >= 0.6 is 0 Å². The fourth-order valence-corrected chi connectivity index (χ4v) is 4.22. The number of methoxy groups -OCH3 is 3. The van der Waals surface area contributed by atoms with Gasteiger partial charge in [0, 0.05) is 39.8 Å². The van der Waals surface area contributed by atoms with E-state index in [0.717, 1.165) is 24.0 Å². The van der Waals surface area contributed by atoms with Crippen molar-refractivity contribution in [3.63, 3.8) is 0 Å². The molecule has 37 heavy (non-hydrogen) atoms. The molecule has 8 nitrogen and oxygen atoms in total. The zero-order valence-electron chi connectivity index (χ0n) is 22.8. The molecule has 2 aromatic carbocycles. The van der Waals surface area contributed by atoms with Gasteiger partial charge in [0.15, 0.2) is 17.6 Å². The zero-order valence-corrected chi connectivity index (χ0v) is 22.8. The van der Waals surface area contributed by atoms with Gasteiger partial charge in [-0.05, 0) is 47.9 Å². The van der Waals surface area contributed by atoms with Crippen molar-refractivity contribution < 1.29 is 28.8 Å². The largest absolute Gasteiger partial charge is 0.493 e. The van der Waals surface area contributed by atoms with Crippen LogP contribution in [0.15, 0.2) is 48.5 Å². The van der Waals surface area contributed by atoms with Crippen LogP contribution in [0.5, 0.6) is 11.5 Å². The standard InChI is InChI=1S/C29H44N2O6/c1-20(2)23(16-21-12-13-26(35-4)27(17-21)37-15-9-14-34-3)18-24(30)25(32)19-31-29(33)28(36-5)22-10-7-6-8-11-22/h6-8,10-13,17,20,23-25,28,32H,9,14-16,18-19,30H2,1-5H3,(H,31,33)/t23-,24-,25-,28+/m0/s1. The maximum Gasteiger partial charge on any atom is 0.253 e. The monoisotopic (exact) mass is 516 g/mol. The van der Waals surface area contributed by atoms with E-state index in [4.69, 9.17) is 24.7 Å². The van der Waals surface area contributed by atoms with Crippen molar-refractivity contribution in [3.8, 4) is 11.5 Å². The lowest BCUT2D eigenvalue weighted by molar-refractivity contribution is -0.132. The number of aliphatic hydroxyl groups excluding tert-OH is 1. The molecule has 0 saturated heterocycles. The van der Waals surface area contributed by atoms with E-state index in [1.807, 2.05) is 48.5 Å². The van der Waals surface area contributed by atoms with Crippen LogP contribution in [0.3, 0.4) is 0 Å². The molecule has 8 heteroatoms. The lowest BCUT2D eigenvalue weighted by Gasteiger charge is -2.28. The fourth-order valence-electron chi connectivity index (χ4n) is 4.22. The third kappa shape index (κ3) is 9.97. The van der Waals surface area contributed by atoms with Gasteiger partial charge in [0.05, 0.1) is 19.8 Å². The Hall–Kier alpha value is -2.65. The summed E-state index contributed by atoms with van der Waals surface area (Å²) in [5, 5.41) is 13.5. The van der Waals surface area contributed by atoms with Crippen LogP contribution in [0.2, 0.25) is 0 Å². The number of rotatable bonds is 17. The van der Waals surface area contributed by atoms with Gasteiger partial charge in [-0.1, -0.05) is 50.2 Å². The van der Waals surface area contributed by atoms with Gasteiger partial charge in [-0.15, -0.1) is 0 Å². The molecule has 0 heterocycles. The predicted octanol–water partition coefficient (Wildman–Crippen LogP) is 3.51. The van der Waals surface area contributed by atoms with E-state index in [-0.39, 0.29) is 18.4 Å². The van der Waals surface area contributed by atoms with Crippen LogP contribution in [0.1, 0.15) is 43.9 Å². The van der Waals surface area contributed by atoms with Crippen LogP contribution in [0.4, 0.5) is 0 Å². The van der Waals surface area contributed by atoms with E-state index in [1.165, 1.54) is 7.11 Å². The topological polar surface area (TPSA) is 112 Å². The van der Waals surface area contributed by atoms with Crippen LogP contribution in [-0.4, -0.2) is 64.2 Å². The van der Waals surface area contributed by atoms with Gasteiger partial charge in [0.1, 0.15) is 0 Å². The molecule has 4 atom stereocenters. The summed E-state index contributed by atoms with van der Waals surface area (Å²) in [6.07, 6.45) is 0.556. The van der Waals surface area contributed by atoms with E-state index in [1.54, 1.807) is 14.2 Å². The number of nitrogens with two attached hydrogens (primary N) is 1. The highest BCUT2D eigenvalue weighted by molar-refractivity contribution is 5.82. The Labute approximate surface area is 221 Å². The maximum atomic E-state index is 12.7. The molecule has 4 N–H and O–H groups in total. The Morgan fingerprint density at radius 2 is 1.76 bits per heavy atom. The number of carbonyl (C=O) groups excluding carboxylic acids is 1. The van der Waals surface area contributed by atoms with Crippen LogP contribution in [0.25, 0.3) is 0 Å². The van der Waals surface area contributed by atoms with Gasteiger partial charge in [-0.3, -0.25) is 4.79 Å². The third-order valence-electron chi connectivity index (χ3n) is 6.55. The average Bonchev–Trinajstić information content (AvgIpc) is 2.90. The number of hydrogen-bond acceptors (Lipinski definition) is 7. The minimum Gasteiger partial charge on any atom is -0.493 e. The highest BCUT2D eigenvalue weighted by Crippen LogP contribution is 2.31. The SMILES string of the molecule is COCCCOc1cc(C[C@@H](C[C@H](N)[C@@H](O)CNC(=O)[C@H](OC)c2ccccc2)C(C)C)ccc1OC. The average molecular weight is 517 g/mol. The minimum absolute atomic E-state index is 0.0551. The summed E-state index contributed by atoms with van der Waals surface area (Å²) in [7, 11) is 4.79. The smallest absolute Gasteiger partial charge is 0.253 e. The highest BCUT2D eigenvalue weighted by atomic mass is 16.5. The first kappa shape index (κ1) is 30.6. The molecule has 0 aromatic heterocycles. The molecule has 2 aromatic rings. The molecule has 0 aliphatic carbocycles. The zero-order chi connectivity index (χ0) is 27.2. The molecule has 0 saturated carbocycles. The summed E-state index contributed by atoms with van der Waals surface area (Å²) >= 11 is 0. The third-order valence-corrected chi connectivity index (χ3v) is 6.55. The number of carbonyl (C=O) groups is 1. The summed E-state index contributed by atoms with van der Waals surface area (Å²) in [6.45, 7) is 5.54. The van der Waals surface area contributed by atoms with Gasteiger partial charge in [-0.2, -0.15) is 0 Å². The predicted molar refractivity (Wildman–Crippen MR) is 145 cm³/mol. The van der Waals surface area contributed by atoms with Gasteiger partial charge < -0.3 is 35.1 Å². The second-order valence-corrected chi connectivity index (χ2v) is 9.63. The van der Waals surface area contributed by atoms with Crippen molar-refractivity contribution >= 4 is 5.91 Å². The molecule has 1 amide bonds. The number of nitrogens with one attached hydrogen (secondary N) is 1. The van der Waals surface area contributed by atoms with Crippen molar-refractivity contribution in [2.75, 3.05) is 41.1 Å². The molecule has 2 rings (SSSR count). The molecule has 0 radical (unpaired) electrons. The lowest BCUT2D eigenvalue weighted by Crippen LogP contribution is -2.45. The Kier molecular flexibility index (Phi) is 13.4. The Balaban J connectivity index is 1.96. The molecule has 0 bridgehead atoms. The molecular weight excluding hydrogens is 472 g/mol. The normalized spacial score (nSPS) is 14.6. The van der Waals surface area contributed by atoms with E-state index < -0.39 is 18.2 Å². The molecule has 206 valence electrons. The number of hydrogen-bond donors (Lipinski definition) is 3. The lowest BCUT2D eigenvalue weighted by atomic mass is 9.83. The Morgan fingerprint density at radius 3 is 2.38 bits per heavy atom. The first-order valence-electron chi connectivity index (χ1n) is 12.9. The van der Waals surface area contributed by atoms with Crippen molar-refractivity contribution in [3.05, 3.63) is 59.7 Å². The summed E-state index contributed by atoms with van der Waals surface area (Å²) in [5.74, 6) is 1.66. The van der Waals surface area contributed by atoms with Crippen LogP contribution in [0, 0.1) is 11.8 Å². The van der Waals surface area contributed by atoms with Crippen LogP contribution in [-0.2, 0) is 20.7 Å². The molecule has 0 unspecified atom stereocenters. The summed E-state index contributed by atoms with van der Waals surface area (Å²) in [6, 6.07) is 14.7. The van der Waals surface area contributed by atoms with Gasteiger partial charge in [-0.25, -0.2) is 0 Å². The number of amides is 1. The molecule has 0 aliphatic rings. The van der Waals surface area contributed by atoms with E-state index >= 15 is 0 Å². The van der Waals surface area contributed by atoms with E-state index in [9.17, 15) is 9.90 Å². The quantitative estimate of drug-likeness (QED) is 0.276. The first-order valence-corrected chi connectivity index (χ1v) is 12.9. The summed E-state index contributed by atoms with van der Waals surface area (Å²) in [4.78, 5) is 12.7. The molecular formula is C29H44N2O6. The van der Waals surface area contributed by atoms with Crippen molar-refractivity contribution in [2.45, 2.75) is 51.4 Å².